The number of hydrogen-bond acceptors (Lipinski definition) is 4. The second-order valence-corrected chi connectivity index (χ2v) is 6.37. The van der Waals surface area contributed by atoms with Crippen LogP contribution in [-0.2, 0) is 6.54 Å². The molecule has 2 amide bonds. The maximum Gasteiger partial charge on any atom is 0.322 e. The zero-order valence-electron chi connectivity index (χ0n) is 15.2. The molecule has 1 aromatic heterocycles. The summed E-state index contributed by atoms with van der Waals surface area (Å²) in [6, 6.07) is 6.51. The number of ether oxygens (including phenoxy) is 1. The Balaban J connectivity index is 2.27. The molecule has 2 N–H and O–H groups in total. The quantitative estimate of drug-likeness (QED) is 0.768. The molecule has 0 fully saturated rings. The molecule has 6 nitrogen and oxygen atoms in total. The van der Waals surface area contributed by atoms with Crippen LogP contribution in [0.25, 0.3) is 0 Å². The lowest BCUT2D eigenvalue weighted by molar-refractivity contribution is 0.134. The number of benzene rings is 1. The number of aromatic nitrogens is 1. The van der Waals surface area contributed by atoms with Crippen molar-refractivity contribution < 1.29 is 14.6 Å². The van der Waals surface area contributed by atoms with E-state index < -0.39 is 0 Å². The summed E-state index contributed by atoms with van der Waals surface area (Å²) in [4.78, 5) is 18.6. The Hall–Kier alpha value is -2.31. The fourth-order valence-electron chi connectivity index (χ4n) is 2.62. The largest absolute Gasteiger partial charge is 0.495 e. The zero-order chi connectivity index (χ0) is 19.1. The molecule has 0 saturated carbocycles. The first-order valence-corrected chi connectivity index (χ1v) is 8.79. The molecule has 1 heterocycles. The number of carbonyl (C=O) groups is 1. The molecule has 0 aliphatic rings. The van der Waals surface area contributed by atoms with E-state index in [0.29, 0.717) is 29.4 Å². The molecule has 140 valence electrons. The highest BCUT2D eigenvalue weighted by Crippen LogP contribution is 2.31. The fourth-order valence-corrected chi connectivity index (χ4v) is 2.77. The van der Waals surface area contributed by atoms with Crippen LogP contribution in [0.3, 0.4) is 0 Å². The molecule has 0 aliphatic carbocycles. The van der Waals surface area contributed by atoms with E-state index in [1.807, 2.05) is 26.0 Å². The summed E-state index contributed by atoms with van der Waals surface area (Å²) >= 11 is 6.12. The summed E-state index contributed by atoms with van der Waals surface area (Å²) in [5, 5.41) is 13.1. The second kappa shape index (κ2) is 9.40. The van der Waals surface area contributed by atoms with Gasteiger partial charge in [0.05, 0.1) is 25.4 Å². The Morgan fingerprint density at radius 3 is 2.81 bits per heavy atom. The predicted octanol–water partition coefficient (Wildman–Crippen LogP) is 3.86. The summed E-state index contributed by atoms with van der Waals surface area (Å²) in [5.41, 5.74) is 2.24. The Morgan fingerprint density at radius 2 is 2.23 bits per heavy atom. The van der Waals surface area contributed by atoms with Crippen molar-refractivity contribution in [1.29, 1.82) is 0 Å². The molecule has 0 aliphatic heterocycles. The standard InChI is InChI=1S/C19H24ClN3O3/c1-4-15(12-24)23(11-14-6-5-7-21-10-14)19(25)22-17-8-13(2)16(20)9-18(17)26-3/h5-10,15,24H,4,11-12H2,1-3H3,(H,22,25)/t15-/m0/s1. The number of carbonyl (C=O) groups excluding carboxylic acids is 1. The van der Waals surface area contributed by atoms with Crippen LogP contribution in [-0.4, -0.2) is 40.8 Å². The van der Waals surface area contributed by atoms with Crippen LogP contribution >= 0.6 is 11.6 Å². The molecule has 0 saturated heterocycles. The summed E-state index contributed by atoms with van der Waals surface area (Å²) in [6.45, 7) is 4.00. The highest BCUT2D eigenvalue weighted by atomic mass is 35.5. The fraction of sp³-hybridized carbons (Fsp3) is 0.368. The van der Waals surface area contributed by atoms with Crippen molar-refractivity contribution in [3.63, 3.8) is 0 Å². The first-order valence-electron chi connectivity index (χ1n) is 8.41. The second-order valence-electron chi connectivity index (χ2n) is 5.97. The van der Waals surface area contributed by atoms with Crippen molar-refractivity contribution in [3.8, 4) is 5.75 Å². The number of anilines is 1. The van der Waals surface area contributed by atoms with Gasteiger partial charge in [-0.1, -0.05) is 24.6 Å². The highest BCUT2D eigenvalue weighted by Gasteiger charge is 2.23. The van der Waals surface area contributed by atoms with Crippen molar-refractivity contribution in [1.82, 2.24) is 9.88 Å². The van der Waals surface area contributed by atoms with Gasteiger partial charge in [-0.15, -0.1) is 0 Å². The van der Waals surface area contributed by atoms with E-state index in [1.54, 1.807) is 29.4 Å². The molecule has 0 bridgehead atoms. The molecule has 1 atom stereocenters. The maximum atomic E-state index is 12.9. The topological polar surface area (TPSA) is 74.7 Å². The first-order chi connectivity index (χ1) is 12.5. The van der Waals surface area contributed by atoms with E-state index in [0.717, 1.165) is 11.1 Å². The minimum absolute atomic E-state index is 0.124. The number of hydrogen-bond donors (Lipinski definition) is 2. The number of nitrogens with zero attached hydrogens (tertiary/aromatic N) is 2. The van der Waals surface area contributed by atoms with Gasteiger partial charge in [0, 0.05) is 30.0 Å². The van der Waals surface area contributed by atoms with Gasteiger partial charge < -0.3 is 20.1 Å². The van der Waals surface area contributed by atoms with Crippen LogP contribution in [0, 0.1) is 6.92 Å². The average Bonchev–Trinajstić information content (AvgIpc) is 2.65. The molecule has 2 aromatic rings. The number of aryl methyl sites for hydroxylation is 1. The van der Waals surface area contributed by atoms with Gasteiger partial charge in [-0.2, -0.15) is 0 Å². The lowest BCUT2D eigenvalue weighted by Crippen LogP contribution is -2.44. The Morgan fingerprint density at radius 1 is 1.46 bits per heavy atom. The van der Waals surface area contributed by atoms with E-state index in [4.69, 9.17) is 16.3 Å². The van der Waals surface area contributed by atoms with Crippen LogP contribution in [0.2, 0.25) is 5.02 Å². The van der Waals surface area contributed by atoms with Gasteiger partial charge in [0.25, 0.3) is 0 Å². The molecule has 26 heavy (non-hydrogen) atoms. The molecule has 0 unspecified atom stereocenters. The van der Waals surface area contributed by atoms with E-state index in [-0.39, 0.29) is 18.7 Å². The van der Waals surface area contributed by atoms with Crippen LogP contribution in [0.4, 0.5) is 10.5 Å². The van der Waals surface area contributed by atoms with Crippen molar-refractivity contribution in [2.45, 2.75) is 32.9 Å². The van der Waals surface area contributed by atoms with Crippen LogP contribution in [0.1, 0.15) is 24.5 Å². The van der Waals surface area contributed by atoms with E-state index in [1.165, 1.54) is 7.11 Å². The van der Waals surface area contributed by atoms with Crippen LogP contribution in [0.15, 0.2) is 36.7 Å². The third-order valence-corrected chi connectivity index (χ3v) is 4.59. The van der Waals surface area contributed by atoms with Crippen molar-refractivity contribution in [2.24, 2.45) is 0 Å². The number of rotatable bonds is 7. The van der Waals surface area contributed by atoms with Crippen LogP contribution in [0.5, 0.6) is 5.75 Å². The maximum absolute atomic E-state index is 12.9. The summed E-state index contributed by atoms with van der Waals surface area (Å²) < 4.78 is 5.32. The molecule has 0 spiro atoms. The SMILES string of the molecule is CC[C@@H](CO)N(Cc1cccnc1)C(=O)Nc1cc(C)c(Cl)cc1OC. The van der Waals surface area contributed by atoms with Gasteiger partial charge in [-0.3, -0.25) is 4.98 Å². The van der Waals surface area contributed by atoms with Gasteiger partial charge >= 0.3 is 6.03 Å². The van der Waals surface area contributed by atoms with E-state index >= 15 is 0 Å². The third kappa shape index (κ3) is 4.86. The number of halogens is 1. The summed E-state index contributed by atoms with van der Waals surface area (Å²) in [5.74, 6) is 0.479. The number of urea groups is 1. The number of nitrogens with one attached hydrogen (secondary N) is 1. The molecular weight excluding hydrogens is 354 g/mol. The average molecular weight is 378 g/mol. The Kier molecular flexibility index (Phi) is 7.24. The molecule has 7 heteroatoms. The van der Waals surface area contributed by atoms with Gasteiger partial charge in [0.15, 0.2) is 0 Å². The molecule has 1 aromatic carbocycles. The Bertz CT molecular complexity index is 736. The molecule has 0 radical (unpaired) electrons. The van der Waals surface area contributed by atoms with Gasteiger partial charge in [0.2, 0.25) is 0 Å². The third-order valence-electron chi connectivity index (χ3n) is 4.18. The molecular formula is C19H24ClN3O3. The number of amides is 2. The monoisotopic (exact) mass is 377 g/mol. The Labute approximate surface area is 158 Å². The van der Waals surface area contributed by atoms with Crippen molar-refractivity contribution in [3.05, 3.63) is 52.8 Å². The lowest BCUT2D eigenvalue weighted by Gasteiger charge is -2.30. The minimum atomic E-state index is -0.324. The zero-order valence-corrected chi connectivity index (χ0v) is 16.0. The van der Waals surface area contributed by atoms with Gasteiger partial charge in [0.1, 0.15) is 5.75 Å². The van der Waals surface area contributed by atoms with Gasteiger partial charge in [-0.25, -0.2) is 4.79 Å². The number of pyridine rings is 1. The smallest absolute Gasteiger partial charge is 0.322 e. The summed E-state index contributed by atoms with van der Waals surface area (Å²) in [7, 11) is 1.52. The normalized spacial score (nSPS) is 11.7. The van der Waals surface area contributed by atoms with Crippen LogP contribution < -0.4 is 10.1 Å². The van der Waals surface area contributed by atoms with E-state index in [9.17, 15) is 9.90 Å². The van der Waals surface area contributed by atoms with Crippen molar-refractivity contribution in [2.75, 3.05) is 19.0 Å². The van der Waals surface area contributed by atoms with Crippen molar-refractivity contribution >= 4 is 23.3 Å². The highest BCUT2D eigenvalue weighted by molar-refractivity contribution is 6.31. The van der Waals surface area contributed by atoms with Gasteiger partial charge in [-0.05, 0) is 36.6 Å². The predicted molar refractivity (Wildman–Crippen MR) is 103 cm³/mol. The number of aliphatic hydroxyl groups excluding tert-OH is 1. The lowest BCUT2D eigenvalue weighted by atomic mass is 10.1. The first kappa shape index (κ1) is 20.0. The van der Waals surface area contributed by atoms with E-state index in [2.05, 4.69) is 10.3 Å². The number of aliphatic hydroxyl groups is 1. The minimum Gasteiger partial charge on any atom is -0.495 e. The summed E-state index contributed by atoms with van der Waals surface area (Å²) in [6.07, 6.45) is 4.01. The molecule has 2 rings (SSSR count). The number of methoxy groups -OCH3 is 1.